The van der Waals surface area contributed by atoms with E-state index in [1.807, 2.05) is 64.5 Å². The Morgan fingerprint density at radius 2 is 1.83 bits per heavy atom. The third-order valence-corrected chi connectivity index (χ3v) is 5.48. The van der Waals surface area contributed by atoms with Gasteiger partial charge in [-0.2, -0.15) is 0 Å². The maximum atomic E-state index is 10.7. The lowest BCUT2D eigenvalue weighted by atomic mass is 10.1. The lowest BCUT2D eigenvalue weighted by Crippen LogP contribution is -2.24. The standard InChI is InChI=1S/C23H19N3O2S/c27-17(13-28-22-11-5-7-16-6-1-2-8-18(16)22)12-26-21-10-4-3-9-19(21)25-23(26)20-14-29-15-24-20/h1-11,14-15,17,27H,12-13H2/t17-/m0/s1. The second kappa shape index (κ2) is 7.66. The van der Waals surface area contributed by atoms with E-state index in [9.17, 15) is 5.11 Å². The van der Waals surface area contributed by atoms with Crippen LogP contribution in [0.2, 0.25) is 0 Å². The number of benzene rings is 3. The number of imidazole rings is 1. The number of aliphatic hydroxyl groups excluding tert-OH is 1. The molecular formula is C23H19N3O2S. The molecule has 5 nitrogen and oxygen atoms in total. The second-order valence-electron chi connectivity index (χ2n) is 6.85. The third-order valence-electron chi connectivity index (χ3n) is 4.89. The van der Waals surface area contributed by atoms with Crippen LogP contribution in [-0.2, 0) is 6.54 Å². The average Bonchev–Trinajstić information content (AvgIpc) is 3.41. The number of aromatic nitrogens is 3. The highest BCUT2D eigenvalue weighted by Crippen LogP contribution is 2.27. The van der Waals surface area contributed by atoms with Crippen LogP contribution in [0.3, 0.4) is 0 Å². The highest BCUT2D eigenvalue weighted by molar-refractivity contribution is 7.07. The number of hydrogen-bond acceptors (Lipinski definition) is 5. The van der Waals surface area contributed by atoms with Gasteiger partial charge in [-0.05, 0) is 23.6 Å². The highest BCUT2D eigenvalue weighted by Gasteiger charge is 2.17. The molecule has 144 valence electrons. The summed E-state index contributed by atoms with van der Waals surface area (Å²) in [5.74, 6) is 1.54. The molecule has 29 heavy (non-hydrogen) atoms. The number of para-hydroxylation sites is 2. The van der Waals surface area contributed by atoms with Crippen LogP contribution in [0.4, 0.5) is 0 Å². The molecule has 2 heterocycles. The predicted octanol–water partition coefficient (Wildman–Crippen LogP) is 4.75. The van der Waals surface area contributed by atoms with Crippen molar-refractivity contribution in [1.29, 1.82) is 0 Å². The van der Waals surface area contributed by atoms with Crippen molar-refractivity contribution in [1.82, 2.24) is 14.5 Å². The minimum Gasteiger partial charge on any atom is -0.490 e. The van der Waals surface area contributed by atoms with Crippen molar-refractivity contribution in [2.24, 2.45) is 0 Å². The molecule has 0 aliphatic carbocycles. The zero-order valence-electron chi connectivity index (χ0n) is 15.6. The minimum atomic E-state index is -0.691. The Bertz CT molecular complexity index is 1260. The fourth-order valence-corrected chi connectivity index (χ4v) is 4.08. The molecule has 5 aromatic rings. The quantitative estimate of drug-likeness (QED) is 0.446. The molecule has 0 fully saturated rings. The lowest BCUT2D eigenvalue weighted by Gasteiger charge is -2.16. The maximum absolute atomic E-state index is 10.7. The van der Waals surface area contributed by atoms with Gasteiger partial charge in [0.25, 0.3) is 0 Å². The van der Waals surface area contributed by atoms with E-state index >= 15 is 0 Å². The largest absolute Gasteiger partial charge is 0.490 e. The van der Waals surface area contributed by atoms with Crippen molar-refractivity contribution < 1.29 is 9.84 Å². The maximum Gasteiger partial charge on any atom is 0.160 e. The van der Waals surface area contributed by atoms with Crippen LogP contribution < -0.4 is 4.74 Å². The van der Waals surface area contributed by atoms with Gasteiger partial charge in [0, 0.05) is 10.8 Å². The average molecular weight is 401 g/mol. The number of fused-ring (bicyclic) bond motifs is 2. The van der Waals surface area contributed by atoms with Crippen LogP contribution in [0.25, 0.3) is 33.3 Å². The van der Waals surface area contributed by atoms with Gasteiger partial charge in [0.15, 0.2) is 5.82 Å². The summed E-state index contributed by atoms with van der Waals surface area (Å²) in [6, 6.07) is 21.9. The van der Waals surface area contributed by atoms with Gasteiger partial charge in [-0.1, -0.05) is 48.5 Å². The van der Waals surface area contributed by atoms with Crippen LogP contribution in [0, 0.1) is 0 Å². The number of hydrogen-bond donors (Lipinski definition) is 1. The van der Waals surface area contributed by atoms with Gasteiger partial charge in [0.2, 0.25) is 0 Å². The van der Waals surface area contributed by atoms with Gasteiger partial charge in [-0.25, -0.2) is 9.97 Å². The number of thiazole rings is 1. The number of nitrogens with zero attached hydrogens (tertiary/aromatic N) is 3. The Labute approximate surface area is 171 Å². The normalized spacial score (nSPS) is 12.4. The van der Waals surface area contributed by atoms with Crippen molar-refractivity contribution in [3.8, 4) is 17.3 Å². The number of rotatable bonds is 6. The van der Waals surface area contributed by atoms with Crippen LogP contribution >= 0.6 is 11.3 Å². The van der Waals surface area contributed by atoms with Gasteiger partial charge in [-0.3, -0.25) is 0 Å². The lowest BCUT2D eigenvalue weighted by molar-refractivity contribution is 0.0945. The van der Waals surface area contributed by atoms with Crippen molar-refractivity contribution >= 4 is 33.1 Å². The highest BCUT2D eigenvalue weighted by atomic mass is 32.1. The van der Waals surface area contributed by atoms with Crippen molar-refractivity contribution in [2.75, 3.05) is 6.61 Å². The molecule has 0 aliphatic heterocycles. The fourth-order valence-electron chi connectivity index (χ4n) is 3.55. The molecule has 0 saturated carbocycles. The zero-order valence-corrected chi connectivity index (χ0v) is 16.4. The molecular weight excluding hydrogens is 382 g/mol. The first-order valence-corrected chi connectivity index (χ1v) is 10.4. The molecule has 1 N–H and O–H groups in total. The SMILES string of the molecule is O[C@H](COc1cccc2ccccc12)Cn1c(-c2cscn2)nc2ccccc21. The van der Waals surface area contributed by atoms with Crippen LogP contribution in [0.1, 0.15) is 0 Å². The molecule has 5 rings (SSSR count). The van der Waals surface area contributed by atoms with Crippen LogP contribution in [0.5, 0.6) is 5.75 Å². The van der Waals surface area contributed by atoms with E-state index in [0.29, 0.717) is 6.54 Å². The third kappa shape index (κ3) is 3.48. The summed E-state index contributed by atoms with van der Waals surface area (Å²) >= 11 is 1.53. The Hall–Kier alpha value is -3.22. The molecule has 1 atom stereocenters. The Kier molecular flexibility index (Phi) is 4.71. The molecule has 0 radical (unpaired) electrons. The Morgan fingerprint density at radius 3 is 2.72 bits per heavy atom. The Morgan fingerprint density at radius 1 is 1.00 bits per heavy atom. The van der Waals surface area contributed by atoms with Crippen LogP contribution in [-0.4, -0.2) is 32.4 Å². The molecule has 0 bridgehead atoms. The summed E-state index contributed by atoms with van der Waals surface area (Å²) in [5.41, 5.74) is 4.46. The first-order chi connectivity index (χ1) is 14.3. The van der Waals surface area contributed by atoms with Crippen molar-refractivity contribution in [3.05, 3.63) is 77.6 Å². The van der Waals surface area contributed by atoms with Crippen molar-refractivity contribution in [3.63, 3.8) is 0 Å². The topological polar surface area (TPSA) is 60.2 Å². The Balaban J connectivity index is 1.40. The van der Waals surface area contributed by atoms with E-state index in [1.54, 1.807) is 5.51 Å². The smallest absolute Gasteiger partial charge is 0.160 e. The molecule has 2 aromatic heterocycles. The van der Waals surface area contributed by atoms with E-state index in [2.05, 4.69) is 17.1 Å². The zero-order chi connectivity index (χ0) is 19.6. The molecule has 0 aliphatic rings. The summed E-state index contributed by atoms with van der Waals surface area (Å²) in [5, 5.41) is 14.9. The van der Waals surface area contributed by atoms with E-state index in [4.69, 9.17) is 9.72 Å². The van der Waals surface area contributed by atoms with E-state index in [1.165, 1.54) is 11.3 Å². The molecule has 0 unspecified atom stereocenters. The summed E-state index contributed by atoms with van der Waals surface area (Å²) in [4.78, 5) is 9.12. The molecule has 6 heteroatoms. The van der Waals surface area contributed by atoms with Gasteiger partial charge >= 0.3 is 0 Å². The predicted molar refractivity (Wildman–Crippen MR) is 116 cm³/mol. The van der Waals surface area contributed by atoms with Gasteiger partial charge < -0.3 is 14.4 Å². The monoisotopic (exact) mass is 401 g/mol. The second-order valence-corrected chi connectivity index (χ2v) is 7.57. The van der Waals surface area contributed by atoms with E-state index in [0.717, 1.165) is 39.1 Å². The van der Waals surface area contributed by atoms with Gasteiger partial charge in [0.05, 0.1) is 23.1 Å². The first kappa shape index (κ1) is 17.8. The first-order valence-electron chi connectivity index (χ1n) is 9.42. The summed E-state index contributed by atoms with van der Waals surface area (Å²) < 4.78 is 7.99. The summed E-state index contributed by atoms with van der Waals surface area (Å²) in [7, 11) is 0. The van der Waals surface area contributed by atoms with Gasteiger partial charge in [0.1, 0.15) is 24.2 Å². The summed E-state index contributed by atoms with van der Waals surface area (Å²) in [6.07, 6.45) is -0.691. The number of ether oxygens (including phenoxy) is 1. The summed E-state index contributed by atoms with van der Waals surface area (Å²) in [6.45, 7) is 0.565. The molecule has 0 saturated heterocycles. The van der Waals surface area contributed by atoms with Gasteiger partial charge in [-0.15, -0.1) is 11.3 Å². The van der Waals surface area contributed by atoms with Crippen LogP contribution in [0.15, 0.2) is 77.6 Å². The molecule has 0 spiro atoms. The van der Waals surface area contributed by atoms with Crippen molar-refractivity contribution in [2.45, 2.75) is 12.6 Å². The minimum absolute atomic E-state index is 0.191. The van der Waals surface area contributed by atoms with E-state index < -0.39 is 6.10 Å². The molecule has 3 aromatic carbocycles. The van der Waals surface area contributed by atoms with E-state index in [-0.39, 0.29) is 6.61 Å². The fraction of sp³-hybridized carbons (Fsp3) is 0.130. The molecule has 0 amide bonds. The number of aliphatic hydroxyl groups is 1.